The molecule has 372 valence electrons. The third-order valence-corrected chi connectivity index (χ3v) is 14.1. The number of rotatable bonds is 7. The van der Waals surface area contributed by atoms with Crippen LogP contribution in [0.15, 0.2) is 128 Å². The van der Waals surface area contributed by atoms with Crippen LogP contribution in [0.25, 0.3) is 32.7 Å². The van der Waals surface area contributed by atoms with E-state index in [1.807, 2.05) is 60.5 Å². The maximum Gasteiger partial charge on any atom is 0.376 e. The van der Waals surface area contributed by atoms with E-state index in [2.05, 4.69) is 91.9 Å². The molecule has 0 spiro atoms. The number of ketones is 1. The summed E-state index contributed by atoms with van der Waals surface area (Å²) >= 11 is 0. The molecule has 5 aliphatic heterocycles. The minimum Gasteiger partial charge on any atom is -0.478 e. The van der Waals surface area contributed by atoms with Gasteiger partial charge in [0.2, 0.25) is 0 Å². The fourth-order valence-corrected chi connectivity index (χ4v) is 10.9. The van der Waals surface area contributed by atoms with E-state index < -0.39 is 17.7 Å². The second-order valence-corrected chi connectivity index (χ2v) is 18.8. The Bertz CT molecular complexity index is 3210. The molecule has 13 rings (SSSR count). The van der Waals surface area contributed by atoms with Gasteiger partial charge in [-0.25, -0.2) is 14.4 Å². The maximum atomic E-state index is 11.9. The van der Waals surface area contributed by atoms with Gasteiger partial charge in [-0.2, -0.15) is 0 Å². The second kappa shape index (κ2) is 23.1. The van der Waals surface area contributed by atoms with Crippen molar-refractivity contribution in [1.82, 2.24) is 13.7 Å². The number of Topliss-reactive ketones (excluding diaryl/α,β-unsaturated/α-hetero) is 1. The summed E-state index contributed by atoms with van der Waals surface area (Å²) in [6.07, 6.45) is 17.4. The highest BCUT2D eigenvalue weighted by atomic mass is 16.5. The number of nitrogens with one attached hydrogen (secondary N) is 1. The predicted octanol–water partition coefficient (Wildman–Crippen LogP) is 11.3. The summed E-state index contributed by atoms with van der Waals surface area (Å²) in [5.41, 5.74) is 14.1. The Morgan fingerprint density at radius 3 is 1.75 bits per heavy atom. The standard InChI is InChI=1S/C14H17NO3.C14H15NO2.C12H11NO2.C11H11N.C9H11N/c1-2-18-14(17)13(16)10-15-9-5-7-11-6-3-4-8-12(11)15;1-2-17-14(16)12-9-15-8-4-6-10-5-3-7-11(12)13(10)15;14-12(15)10-7-13-6-2-4-8-3-1-5-9(10)11(8)13;1-3-9-5-2-7-12-8-6-10(4-1)11(9)12;1-2-6-9-8(4-1)5-3-7-10-9/h3-4,6,8H,2,5,7,9-10H2,1H3;3,5,7,9H,2,4,6,8H2,1H3;1,3,5,7H,2,4,6H2,(H,14,15);1,3-4,6,8H,2,5,7H2;1-2,4,6,10H,3,5,7H2. The Labute approximate surface area is 421 Å². The van der Waals surface area contributed by atoms with E-state index in [-0.39, 0.29) is 19.1 Å². The summed E-state index contributed by atoms with van der Waals surface area (Å²) in [5, 5.41) is 15.8. The zero-order chi connectivity index (χ0) is 50.0. The van der Waals surface area contributed by atoms with Gasteiger partial charge in [-0.15, -0.1) is 0 Å². The second-order valence-electron chi connectivity index (χ2n) is 18.8. The van der Waals surface area contributed by atoms with Crippen LogP contribution < -0.4 is 10.2 Å². The number of aromatic nitrogens is 3. The van der Waals surface area contributed by atoms with E-state index in [0.717, 1.165) is 86.7 Å². The van der Waals surface area contributed by atoms with Gasteiger partial charge in [0.15, 0.2) is 0 Å². The predicted molar refractivity (Wildman–Crippen MR) is 286 cm³/mol. The lowest BCUT2D eigenvalue weighted by Crippen LogP contribution is -2.37. The van der Waals surface area contributed by atoms with Crippen molar-refractivity contribution in [3.8, 4) is 0 Å². The first-order valence-corrected chi connectivity index (χ1v) is 25.8. The largest absolute Gasteiger partial charge is 0.478 e. The van der Waals surface area contributed by atoms with Crippen LogP contribution in [0.3, 0.4) is 0 Å². The minimum absolute atomic E-state index is 0.107. The third-order valence-electron chi connectivity index (χ3n) is 14.1. The SMILES string of the molecule is CCOC(=O)C(=O)CN1CCCc2ccccc21.CCOC(=O)c1cn2c3c(cccc13)CCC2.O=C(O)c1cn2c3c(cccc13)CCC2.c1cc2c3c(c1)ccn3CCC2.c1ccc2c(c1)CCCN2. The molecule has 2 N–H and O–H groups in total. The highest BCUT2D eigenvalue weighted by molar-refractivity contribution is 6.35. The van der Waals surface area contributed by atoms with Gasteiger partial charge in [-0.05, 0) is 129 Å². The molecule has 0 saturated carbocycles. The van der Waals surface area contributed by atoms with Crippen molar-refractivity contribution < 1.29 is 33.8 Å². The quantitative estimate of drug-likeness (QED) is 0.118. The third kappa shape index (κ3) is 11.0. The zero-order valence-electron chi connectivity index (χ0n) is 41.5. The average Bonchev–Trinajstić information content (AvgIpc) is 4.14. The molecular weight excluding hydrogens is 903 g/mol. The number of ether oxygens (including phenoxy) is 2. The van der Waals surface area contributed by atoms with Gasteiger partial charge in [0.25, 0.3) is 5.78 Å². The van der Waals surface area contributed by atoms with Gasteiger partial charge in [-0.3, -0.25) is 4.79 Å². The molecule has 0 unspecified atom stereocenters. The number of carbonyl (C=O) groups is 4. The Morgan fingerprint density at radius 1 is 0.542 bits per heavy atom. The fourth-order valence-electron chi connectivity index (χ4n) is 10.9. The van der Waals surface area contributed by atoms with Crippen molar-refractivity contribution in [1.29, 1.82) is 0 Å². The molecule has 72 heavy (non-hydrogen) atoms. The summed E-state index contributed by atoms with van der Waals surface area (Å²) in [6, 6.07) is 37.4. The Morgan fingerprint density at radius 2 is 1.08 bits per heavy atom. The summed E-state index contributed by atoms with van der Waals surface area (Å²) in [7, 11) is 0. The van der Waals surface area contributed by atoms with E-state index in [9.17, 15) is 19.2 Å². The summed E-state index contributed by atoms with van der Waals surface area (Å²) in [4.78, 5) is 47.9. The molecule has 0 fully saturated rings. The number of fused-ring (bicyclic) bond motifs is 2. The summed E-state index contributed by atoms with van der Waals surface area (Å²) in [6.45, 7) is 9.36. The molecule has 5 aromatic carbocycles. The van der Waals surface area contributed by atoms with E-state index in [0.29, 0.717) is 17.7 Å². The van der Waals surface area contributed by atoms with Crippen LogP contribution in [0, 0.1) is 0 Å². The number of hydrogen-bond donors (Lipinski definition) is 2. The van der Waals surface area contributed by atoms with Crippen LogP contribution in [-0.2, 0) is 70.8 Å². The number of carboxylic acids is 1. The van der Waals surface area contributed by atoms with Crippen LogP contribution in [0.5, 0.6) is 0 Å². The highest BCUT2D eigenvalue weighted by Crippen LogP contribution is 2.32. The number of carboxylic acid groups (broad SMARTS) is 1. The molecule has 3 aromatic heterocycles. The normalized spacial score (nSPS) is 14.5. The Kier molecular flexibility index (Phi) is 15.8. The van der Waals surface area contributed by atoms with Crippen molar-refractivity contribution in [2.45, 2.75) is 97.7 Å². The number of aryl methyl sites for hydroxylation is 8. The number of carbonyl (C=O) groups excluding carboxylic acids is 3. The van der Waals surface area contributed by atoms with Crippen LogP contribution in [0.4, 0.5) is 11.4 Å². The number of nitrogens with zero attached hydrogens (tertiary/aromatic N) is 4. The Balaban J connectivity index is 0.000000113. The molecule has 0 saturated heterocycles. The zero-order valence-corrected chi connectivity index (χ0v) is 41.5. The van der Waals surface area contributed by atoms with Gasteiger partial charge in [0.05, 0.1) is 47.4 Å². The Hall–Kier alpha value is -7.60. The van der Waals surface area contributed by atoms with Gasteiger partial charge < -0.3 is 38.5 Å². The summed E-state index contributed by atoms with van der Waals surface area (Å²) < 4.78 is 16.4. The van der Waals surface area contributed by atoms with Gasteiger partial charge >= 0.3 is 17.9 Å². The van der Waals surface area contributed by atoms with Crippen LogP contribution in [0.2, 0.25) is 0 Å². The number of anilines is 2. The average molecular weight is 968 g/mol. The molecule has 0 radical (unpaired) electrons. The summed E-state index contributed by atoms with van der Waals surface area (Å²) in [5.74, 6) is -2.26. The topological polar surface area (TPSA) is 137 Å². The number of benzene rings is 5. The minimum atomic E-state index is -0.835. The maximum absolute atomic E-state index is 11.9. The number of esters is 2. The fraction of sp³-hybridized carbons (Fsp3) is 0.333. The van der Waals surface area contributed by atoms with Crippen molar-refractivity contribution in [2.24, 2.45) is 0 Å². The smallest absolute Gasteiger partial charge is 0.376 e. The molecule has 12 nitrogen and oxygen atoms in total. The lowest BCUT2D eigenvalue weighted by atomic mass is 10.0. The van der Waals surface area contributed by atoms with Crippen LogP contribution >= 0.6 is 0 Å². The lowest BCUT2D eigenvalue weighted by Gasteiger charge is -2.30. The van der Waals surface area contributed by atoms with Gasteiger partial charge in [0.1, 0.15) is 0 Å². The number of hydrogen-bond acceptors (Lipinski definition) is 8. The van der Waals surface area contributed by atoms with E-state index >= 15 is 0 Å². The lowest BCUT2D eigenvalue weighted by molar-refractivity contribution is -0.152. The molecular formula is C60H65N5O7. The van der Waals surface area contributed by atoms with Crippen LogP contribution in [0.1, 0.15) is 94.5 Å². The first kappa shape index (κ1) is 49.4. The molecule has 0 bridgehead atoms. The van der Waals surface area contributed by atoms with Gasteiger partial charge in [-0.1, -0.05) is 91.0 Å². The van der Waals surface area contributed by atoms with Crippen LogP contribution in [-0.4, -0.2) is 75.3 Å². The van der Waals surface area contributed by atoms with Gasteiger partial charge in [0, 0.05) is 73.5 Å². The molecule has 0 amide bonds. The monoisotopic (exact) mass is 967 g/mol. The molecule has 5 aliphatic rings. The van der Waals surface area contributed by atoms with E-state index in [1.165, 1.54) is 82.2 Å². The first-order valence-electron chi connectivity index (χ1n) is 25.8. The number of para-hydroxylation sites is 5. The molecule has 8 aromatic rings. The van der Waals surface area contributed by atoms with Crippen molar-refractivity contribution >= 4 is 67.8 Å². The molecule has 12 heteroatoms. The molecule has 8 heterocycles. The number of aromatic carboxylic acids is 1. The van der Waals surface area contributed by atoms with E-state index in [4.69, 9.17) is 14.6 Å². The van der Waals surface area contributed by atoms with Crippen molar-refractivity contribution in [3.05, 3.63) is 167 Å². The van der Waals surface area contributed by atoms with Crippen molar-refractivity contribution in [3.63, 3.8) is 0 Å². The molecule has 0 aliphatic carbocycles. The highest BCUT2D eigenvalue weighted by Gasteiger charge is 2.24. The van der Waals surface area contributed by atoms with Crippen molar-refractivity contribution in [2.75, 3.05) is 43.1 Å². The van der Waals surface area contributed by atoms with E-state index in [1.54, 1.807) is 13.1 Å². The first-order chi connectivity index (χ1) is 35.2. The molecule has 0 atom stereocenters.